The smallest absolute Gasteiger partial charge is 0.490 e. The van der Waals surface area contributed by atoms with Crippen molar-refractivity contribution in [2.45, 2.75) is 20.0 Å². The molecule has 2 heterocycles. The number of benzene rings is 1. The molecule has 33 heavy (non-hydrogen) atoms. The Labute approximate surface area is 185 Å². The first-order chi connectivity index (χ1) is 15.4. The van der Waals surface area contributed by atoms with E-state index in [1.807, 2.05) is 19.9 Å². The lowest BCUT2D eigenvalue weighted by Gasteiger charge is -2.14. The SMILES string of the molecule is COc1cc(NC(=O)c2cnn3c(C)cc(C)nc23)cc(OC)c1OC.O=C(O)C(F)(F)F. The van der Waals surface area contributed by atoms with Gasteiger partial charge in [-0.15, -0.1) is 0 Å². The number of aromatic nitrogens is 3. The standard InChI is InChI=1S/C18H20N4O4.C2HF3O2/c1-10-6-11(2)22-17(20-10)13(9-19-22)18(23)21-12-7-14(24-3)16(26-5)15(8-12)25-4;3-2(4,5)1(6)7/h6-9H,1-5H3,(H,21,23);(H,6,7). The molecule has 0 aliphatic rings. The third kappa shape index (κ3) is 5.81. The van der Waals surface area contributed by atoms with Crippen LogP contribution in [0.2, 0.25) is 0 Å². The zero-order chi connectivity index (χ0) is 24.9. The van der Waals surface area contributed by atoms with E-state index in [2.05, 4.69) is 15.4 Å². The monoisotopic (exact) mass is 470 g/mol. The van der Waals surface area contributed by atoms with E-state index >= 15 is 0 Å². The Bertz CT molecular complexity index is 1150. The van der Waals surface area contributed by atoms with Gasteiger partial charge in [-0.2, -0.15) is 18.3 Å². The number of aliphatic carboxylic acids is 1. The van der Waals surface area contributed by atoms with Crippen LogP contribution in [0, 0.1) is 13.8 Å². The van der Waals surface area contributed by atoms with Crippen LogP contribution < -0.4 is 19.5 Å². The largest absolute Gasteiger partial charge is 0.493 e. The molecule has 178 valence electrons. The molecule has 0 aliphatic heterocycles. The molecule has 0 saturated heterocycles. The van der Waals surface area contributed by atoms with Gasteiger partial charge in [0.15, 0.2) is 17.1 Å². The molecule has 13 heteroatoms. The first-order valence-corrected chi connectivity index (χ1v) is 9.16. The molecule has 1 aromatic carbocycles. The molecule has 1 amide bonds. The molecule has 0 unspecified atom stereocenters. The Morgan fingerprint density at radius 3 is 2.03 bits per heavy atom. The first kappa shape index (κ1) is 25.2. The number of anilines is 1. The fourth-order valence-corrected chi connectivity index (χ4v) is 2.78. The fraction of sp³-hybridized carbons (Fsp3) is 0.300. The van der Waals surface area contributed by atoms with Crippen molar-refractivity contribution in [1.29, 1.82) is 0 Å². The number of carboxylic acids is 1. The van der Waals surface area contributed by atoms with Crippen LogP contribution in [0.5, 0.6) is 17.2 Å². The third-order valence-electron chi connectivity index (χ3n) is 4.19. The highest BCUT2D eigenvalue weighted by molar-refractivity contribution is 6.08. The highest BCUT2D eigenvalue weighted by Gasteiger charge is 2.38. The summed E-state index contributed by atoms with van der Waals surface area (Å²) in [4.78, 5) is 26.1. The Morgan fingerprint density at radius 2 is 1.58 bits per heavy atom. The predicted molar refractivity (Wildman–Crippen MR) is 110 cm³/mol. The summed E-state index contributed by atoms with van der Waals surface area (Å²) < 4.78 is 49.3. The summed E-state index contributed by atoms with van der Waals surface area (Å²) in [6, 6.07) is 5.23. The van der Waals surface area contributed by atoms with Gasteiger partial charge in [0, 0.05) is 29.2 Å². The van der Waals surface area contributed by atoms with Crippen LogP contribution in [-0.2, 0) is 4.79 Å². The number of ether oxygens (including phenoxy) is 3. The number of alkyl halides is 3. The topological polar surface area (TPSA) is 124 Å². The van der Waals surface area contributed by atoms with E-state index in [-0.39, 0.29) is 5.91 Å². The Balaban J connectivity index is 0.000000479. The molecule has 3 aromatic rings. The van der Waals surface area contributed by atoms with E-state index in [0.29, 0.717) is 34.1 Å². The molecule has 0 bridgehead atoms. The van der Waals surface area contributed by atoms with Gasteiger partial charge in [0.25, 0.3) is 5.91 Å². The van der Waals surface area contributed by atoms with Crippen LogP contribution in [0.1, 0.15) is 21.7 Å². The number of amides is 1. The summed E-state index contributed by atoms with van der Waals surface area (Å²) in [7, 11) is 4.56. The number of rotatable bonds is 5. The Hall–Kier alpha value is -4.03. The number of hydrogen-bond acceptors (Lipinski definition) is 7. The average Bonchev–Trinajstić information content (AvgIpc) is 3.17. The summed E-state index contributed by atoms with van der Waals surface area (Å²) >= 11 is 0. The third-order valence-corrected chi connectivity index (χ3v) is 4.19. The van der Waals surface area contributed by atoms with Crippen LogP contribution in [0.4, 0.5) is 18.9 Å². The fourth-order valence-electron chi connectivity index (χ4n) is 2.78. The van der Waals surface area contributed by atoms with Crippen LogP contribution in [0.15, 0.2) is 24.4 Å². The summed E-state index contributed by atoms with van der Waals surface area (Å²) in [5, 5.41) is 14.2. The number of methoxy groups -OCH3 is 3. The summed E-state index contributed by atoms with van der Waals surface area (Å²) in [5.74, 6) is -1.73. The number of halogens is 3. The molecule has 0 fully saturated rings. The predicted octanol–water partition coefficient (Wildman–Crippen LogP) is 3.26. The van der Waals surface area contributed by atoms with E-state index < -0.39 is 12.1 Å². The number of nitrogens with zero attached hydrogens (tertiary/aromatic N) is 3. The van der Waals surface area contributed by atoms with E-state index in [1.165, 1.54) is 27.5 Å². The van der Waals surface area contributed by atoms with Crippen molar-refractivity contribution in [2.24, 2.45) is 0 Å². The van der Waals surface area contributed by atoms with Gasteiger partial charge in [0.2, 0.25) is 5.75 Å². The van der Waals surface area contributed by atoms with Crippen LogP contribution in [0.3, 0.4) is 0 Å². The lowest BCUT2D eigenvalue weighted by Crippen LogP contribution is -2.21. The van der Waals surface area contributed by atoms with Gasteiger partial charge < -0.3 is 24.6 Å². The minimum atomic E-state index is -5.08. The van der Waals surface area contributed by atoms with Gasteiger partial charge in [-0.05, 0) is 19.9 Å². The maximum atomic E-state index is 12.7. The van der Waals surface area contributed by atoms with Gasteiger partial charge in [-0.3, -0.25) is 4.79 Å². The first-order valence-electron chi connectivity index (χ1n) is 9.16. The molecule has 2 N–H and O–H groups in total. The van der Waals surface area contributed by atoms with Crippen molar-refractivity contribution in [1.82, 2.24) is 14.6 Å². The van der Waals surface area contributed by atoms with Crippen molar-refractivity contribution in [3.8, 4) is 17.2 Å². The number of carbonyl (C=O) groups is 2. The zero-order valence-electron chi connectivity index (χ0n) is 18.3. The number of fused-ring (bicyclic) bond motifs is 1. The Morgan fingerprint density at radius 1 is 1.03 bits per heavy atom. The quantitative estimate of drug-likeness (QED) is 0.582. The second-order valence-electron chi connectivity index (χ2n) is 6.50. The molecule has 0 spiro atoms. The molecule has 3 rings (SSSR count). The van der Waals surface area contributed by atoms with Crippen LogP contribution in [-0.4, -0.2) is 59.1 Å². The van der Waals surface area contributed by atoms with Crippen LogP contribution >= 0.6 is 0 Å². The summed E-state index contributed by atoms with van der Waals surface area (Å²) in [6.07, 6.45) is -3.58. The molecule has 0 atom stereocenters. The van der Waals surface area contributed by atoms with Crippen molar-refractivity contribution in [3.63, 3.8) is 0 Å². The van der Waals surface area contributed by atoms with Gasteiger partial charge in [0.1, 0.15) is 5.56 Å². The molecule has 0 radical (unpaired) electrons. The van der Waals surface area contributed by atoms with Crippen molar-refractivity contribution in [2.75, 3.05) is 26.6 Å². The summed E-state index contributed by atoms with van der Waals surface area (Å²) in [6.45, 7) is 3.79. The summed E-state index contributed by atoms with van der Waals surface area (Å²) in [5.41, 5.74) is 3.11. The number of aryl methyl sites for hydroxylation is 2. The van der Waals surface area contributed by atoms with Gasteiger partial charge in [-0.1, -0.05) is 0 Å². The maximum absolute atomic E-state index is 12.7. The van der Waals surface area contributed by atoms with E-state index in [4.69, 9.17) is 24.1 Å². The second kappa shape index (κ2) is 10.1. The molecule has 10 nitrogen and oxygen atoms in total. The van der Waals surface area contributed by atoms with E-state index in [0.717, 1.165) is 11.4 Å². The molecular weight excluding hydrogens is 449 g/mol. The molecule has 2 aromatic heterocycles. The Kier molecular flexibility index (Phi) is 7.69. The molecule has 0 saturated carbocycles. The highest BCUT2D eigenvalue weighted by Crippen LogP contribution is 2.40. The maximum Gasteiger partial charge on any atom is 0.490 e. The van der Waals surface area contributed by atoms with Crippen molar-refractivity contribution < 1.29 is 42.1 Å². The average molecular weight is 470 g/mol. The minimum Gasteiger partial charge on any atom is -0.493 e. The lowest BCUT2D eigenvalue weighted by atomic mass is 10.2. The van der Waals surface area contributed by atoms with E-state index in [9.17, 15) is 18.0 Å². The van der Waals surface area contributed by atoms with Crippen molar-refractivity contribution in [3.05, 3.63) is 41.3 Å². The van der Waals surface area contributed by atoms with Gasteiger partial charge in [0.05, 0.1) is 27.5 Å². The van der Waals surface area contributed by atoms with Crippen molar-refractivity contribution >= 4 is 23.2 Å². The highest BCUT2D eigenvalue weighted by atomic mass is 19.4. The number of carbonyl (C=O) groups excluding carboxylic acids is 1. The van der Waals surface area contributed by atoms with Gasteiger partial charge in [-0.25, -0.2) is 14.3 Å². The van der Waals surface area contributed by atoms with Crippen LogP contribution in [0.25, 0.3) is 5.65 Å². The number of nitrogens with one attached hydrogen (secondary N) is 1. The van der Waals surface area contributed by atoms with E-state index in [1.54, 1.807) is 16.6 Å². The van der Waals surface area contributed by atoms with Gasteiger partial charge >= 0.3 is 12.1 Å². The number of hydrogen-bond donors (Lipinski definition) is 2. The minimum absolute atomic E-state index is 0.327. The number of carboxylic acid groups (broad SMARTS) is 1. The molecular formula is C20H21F3N4O6. The normalized spacial score (nSPS) is 10.8. The molecule has 0 aliphatic carbocycles. The second-order valence-corrected chi connectivity index (χ2v) is 6.50. The lowest BCUT2D eigenvalue weighted by molar-refractivity contribution is -0.192. The zero-order valence-corrected chi connectivity index (χ0v) is 18.3.